The molecular formula is C22H26N2O4S. The van der Waals surface area contributed by atoms with Gasteiger partial charge in [0.1, 0.15) is 21.7 Å². The van der Waals surface area contributed by atoms with Gasteiger partial charge in [0, 0.05) is 0 Å². The van der Waals surface area contributed by atoms with Gasteiger partial charge in [-0.2, -0.15) is 5.26 Å². The Morgan fingerprint density at radius 3 is 2.38 bits per heavy atom. The summed E-state index contributed by atoms with van der Waals surface area (Å²) in [6.45, 7) is 11.6. The van der Waals surface area contributed by atoms with Crippen LogP contribution < -0.4 is 10.1 Å². The maximum Gasteiger partial charge on any atom is 0.348 e. The lowest BCUT2D eigenvalue weighted by atomic mass is 9.87. The minimum atomic E-state index is -0.782. The van der Waals surface area contributed by atoms with Gasteiger partial charge in [0.2, 0.25) is 0 Å². The highest BCUT2D eigenvalue weighted by Gasteiger charge is 2.24. The molecule has 0 fully saturated rings. The van der Waals surface area contributed by atoms with Crippen LogP contribution in [-0.4, -0.2) is 24.6 Å². The maximum absolute atomic E-state index is 12.6. The van der Waals surface area contributed by atoms with E-state index in [0.717, 1.165) is 11.3 Å². The zero-order valence-electron chi connectivity index (χ0n) is 17.6. The molecule has 7 heteroatoms. The molecule has 1 unspecified atom stereocenters. The van der Waals surface area contributed by atoms with Crippen LogP contribution in [0.15, 0.2) is 24.3 Å². The van der Waals surface area contributed by atoms with E-state index in [2.05, 4.69) is 26.1 Å². The molecule has 2 rings (SSSR count). The van der Waals surface area contributed by atoms with E-state index in [0.29, 0.717) is 21.2 Å². The van der Waals surface area contributed by atoms with Crippen LogP contribution in [0.25, 0.3) is 0 Å². The normalized spacial score (nSPS) is 12.0. The van der Waals surface area contributed by atoms with Crippen molar-refractivity contribution < 1.29 is 19.1 Å². The average molecular weight is 415 g/mol. The summed E-state index contributed by atoms with van der Waals surface area (Å²) in [6.07, 6.45) is -0.782. The Kier molecular flexibility index (Phi) is 7.04. The van der Waals surface area contributed by atoms with Crippen LogP contribution in [-0.2, 0) is 14.9 Å². The number of carbonyl (C=O) groups excluding carboxylic acids is 2. The fourth-order valence-electron chi connectivity index (χ4n) is 2.63. The molecule has 154 valence electrons. The summed E-state index contributed by atoms with van der Waals surface area (Å²) in [5.41, 5.74) is 1.95. The van der Waals surface area contributed by atoms with Crippen LogP contribution in [0, 0.1) is 18.3 Å². The lowest BCUT2D eigenvalue weighted by Gasteiger charge is -2.20. The lowest BCUT2D eigenvalue weighted by Crippen LogP contribution is -2.30. The van der Waals surface area contributed by atoms with Crippen LogP contribution in [0.2, 0.25) is 0 Å². The number of hydrogen-bond donors (Lipinski definition) is 1. The third-order valence-electron chi connectivity index (χ3n) is 4.36. The predicted octanol–water partition coefficient (Wildman–Crippen LogP) is 4.81. The van der Waals surface area contributed by atoms with Crippen molar-refractivity contribution in [2.24, 2.45) is 0 Å². The van der Waals surface area contributed by atoms with E-state index in [9.17, 15) is 14.9 Å². The molecule has 1 aromatic carbocycles. The molecule has 29 heavy (non-hydrogen) atoms. The van der Waals surface area contributed by atoms with Gasteiger partial charge in [0.15, 0.2) is 6.10 Å². The molecule has 0 bridgehead atoms. The molecule has 6 nitrogen and oxygen atoms in total. The number of amides is 1. The largest absolute Gasteiger partial charge is 0.481 e. The fraction of sp³-hybridized carbons (Fsp3) is 0.409. The van der Waals surface area contributed by atoms with Crippen molar-refractivity contribution in [3.63, 3.8) is 0 Å². The van der Waals surface area contributed by atoms with E-state index in [-0.39, 0.29) is 17.6 Å². The minimum absolute atomic E-state index is 0.0306. The van der Waals surface area contributed by atoms with E-state index in [4.69, 9.17) is 9.47 Å². The van der Waals surface area contributed by atoms with Crippen molar-refractivity contribution in [1.29, 1.82) is 5.26 Å². The molecule has 0 spiro atoms. The molecule has 0 radical (unpaired) electrons. The summed E-state index contributed by atoms with van der Waals surface area (Å²) < 4.78 is 10.7. The van der Waals surface area contributed by atoms with Gasteiger partial charge < -0.3 is 14.8 Å². The Bertz CT molecular complexity index is 933. The molecule has 0 saturated heterocycles. The van der Waals surface area contributed by atoms with E-state index in [1.807, 2.05) is 30.3 Å². The quantitative estimate of drug-likeness (QED) is 0.685. The van der Waals surface area contributed by atoms with E-state index >= 15 is 0 Å². The van der Waals surface area contributed by atoms with Gasteiger partial charge in [-0.05, 0) is 49.4 Å². The van der Waals surface area contributed by atoms with Gasteiger partial charge in [-0.1, -0.05) is 32.9 Å². The first-order valence-electron chi connectivity index (χ1n) is 9.37. The van der Waals surface area contributed by atoms with Crippen LogP contribution >= 0.6 is 11.3 Å². The Hall–Kier alpha value is -2.85. The monoisotopic (exact) mass is 414 g/mol. The van der Waals surface area contributed by atoms with Crippen molar-refractivity contribution in [3.8, 4) is 11.8 Å². The van der Waals surface area contributed by atoms with E-state index in [1.165, 1.54) is 5.56 Å². The SMILES string of the molecule is CCOC(=O)c1sc(NC(=O)C(C)Oc2ccc(C(C)(C)C)cc2)c(C#N)c1C. The number of ether oxygens (including phenoxy) is 2. The third-order valence-corrected chi connectivity index (χ3v) is 5.55. The number of anilines is 1. The second kappa shape index (κ2) is 9.10. The van der Waals surface area contributed by atoms with Crippen molar-refractivity contribution in [3.05, 3.63) is 45.8 Å². The number of esters is 1. The zero-order chi connectivity index (χ0) is 21.8. The topological polar surface area (TPSA) is 88.4 Å². The lowest BCUT2D eigenvalue weighted by molar-refractivity contribution is -0.122. The van der Waals surface area contributed by atoms with Crippen molar-refractivity contribution in [2.75, 3.05) is 11.9 Å². The number of nitrogens with zero attached hydrogens (tertiary/aromatic N) is 1. The molecule has 1 heterocycles. The Morgan fingerprint density at radius 2 is 1.86 bits per heavy atom. The number of nitriles is 1. The summed E-state index contributed by atoms with van der Waals surface area (Å²) in [4.78, 5) is 24.9. The summed E-state index contributed by atoms with van der Waals surface area (Å²) in [7, 11) is 0. The van der Waals surface area contributed by atoms with Crippen LogP contribution in [0.3, 0.4) is 0 Å². The fourth-order valence-corrected chi connectivity index (χ4v) is 3.69. The first kappa shape index (κ1) is 22.4. The summed E-state index contributed by atoms with van der Waals surface area (Å²) in [6, 6.07) is 9.66. The molecule has 0 saturated carbocycles. The summed E-state index contributed by atoms with van der Waals surface area (Å²) in [5.74, 6) is -0.330. The molecule has 1 amide bonds. The number of hydrogen-bond acceptors (Lipinski definition) is 6. The molecule has 2 aromatic rings. The van der Waals surface area contributed by atoms with Crippen LogP contribution in [0.5, 0.6) is 5.75 Å². The summed E-state index contributed by atoms with van der Waals surface area (Å²) in [5, 5.41) is 12.4. The number of benzene rings is 1. The predicted molar refractivity (Wildman–Crippen MR) is 114 cm³/mol. The number of thiophene rings is 1. The first-order valence-corrected chi connectivity index (χ1v) is 10.2. The van der Waals surface area contributed by atoms with E-state index in [1.54, 1.807) is 20.8 Å². The smallest absolute Gasteiger partial charge is 0.348 e. The molecule has 1 N–H and O–H groups in total. The number of carbonyl (C=O) groups is 2. The molecule has 0 aliphatic carbocycles. The molecule has 0 aliphatic heterocycles. The molecule has 1 atom stereocenters. The minimum Gasteiger partial charge on any atom is -0.481 e. The standard InChI is InChI=1S/C22H26N2O4S/c1-7-27-21(26)18-13(2)17(12-23)20(29-18)24-19(25)14(3)28-16-10-8-15(9-11-16)22(4,5)6/h8-11,14H,7H2,1-6H3,(H,24,25). The second-order valence-corrected chi connectivity index (χ2v) is 8.64. The number of rotatable bonds is 6. The Morgan fingerprint density at radius 1 is 1.24 bits per heavy atom. The average Bonchev–Trinajstić information content (AvgIpc) is 2.96. The van der Waals surface area contributed by atoms with Crippen LogP contribution in [0.1, 0.15) is 61.0 Å². The Labute approximate surface area is 175 Å². The second-order valence-electron chi connectivity index (χ2n) is 7.62. The van der Waals surface area contributed by atoms with Gasteiger partial charge >= 0.3 is 5.97 Å². The molecular weight excluding hydrogens is 388 g/mol. The maximum atomic E-state index is 12.6. The highest BCUT2D eigenvalue weighted by Crippen LogP contribution is 2.33. The van der Waals surface area contributed by atoms with Crippen molar-refractivity contribution >= 4 is 28.2 Å². The van der Waals surface area contributed by atoms with Gasteiger partial charge in [-0.3, -0.25) is 4.79 Å². The highest BCUT2D eigenvalue weighted by molar-refractivity contribution is 7.18. The van der Waals surface area contributed by atoms with E-state index < -0.39 is 18.0 Å². The van der Waals surface area contributed by atoms with Crippen LogP contribution in [0.4, 0.5) is 5.00 Å². The Balaban J connectivity index is 2.12. The summed E-state index contributed by atoms with van der Waals surface area (Å²) >= 11 is 1.03. The zero-order valence-corrected chi connectivity index (χ0v) is 18.4. The van der Waals surface area contributed by atoms with Gasteiger partial charge in [0.25, 0.3) is 5.91 Å². The third kappa shape index (κ3) is 5.36. The van der Waals surface area contributed by atoms with Crippen molar-refractivity contribution in [2.45, 2.75) is 53.1 Å². The molecule has 0 aliphatic rings. The first-order chi connectivity index (χ1) is 13.6. The number of nitrogens with one attached hydrogen (secondary N) is 1. The van der Waals surface area contributed by atoms with Gasteiger partial charge in [0.05, 0.1) is 12.2 Å². The van der Waals surface area contributed by atoms with Crippen molar-refractivity contribution in [1.82, 2.24) is 0 Å². The van der Waals surface area contributed by atoms with Gasteiger partial charge in [-0.25, -0.2) is 4.79 Å². The molecule has 1 aromatic heterocycles. The van der Waals surface area contributed by atoms with Gasteiger partial charge in [-0.15, -0.1) is 11.3 Å². The highest BCUT2D eigenvalue weighted by atomic mass is 32.1.